The van der Waals surface area contributed by atoms with Crippen LogP contribution >= 0.6 is 0 Å². The molecule has 0 aromatic carbocycles. The first-order valence-electron chi connectivity index (χ1n) is 8.33. The summed E-state index contributed by atoms with van der Waals surface area (Å²) >= 11 is 0. The number of carbonyl (C=O) groups excluding carboxylic acids is 2. The largest absolute Gasteiger partial charge is 0.453 e. The number of alkyl carbamates (subject to hydrolysis) is 1. The molecule has 134 valence electrons. The van der Waals surface area contributed by atoms with E-state index in [4.69, 9.17) is 0 Å². The first-order chi connectivity index (χ1) is 10.8. The van der Waals surface area contributed by atoms with Gasteiger partial charge in [-0.05, 0) is 39.2 Å². The number of amides is 2. The van der Waals surface area contributed by atoms with Gasteiger partial charge in [-0.15, -0.1) is 0 Å². The van der Waals surface area contributed by atoms with Crippen LogP contribution in [0, 0.1) is 5.92 Å². The highest BCUT2D eigenvalue weighted by Crippen LogP contribution is 2.19. The zero-order valence-electron chi connectivity index (χ0n) is 14.8. The third kappa shape index (κ3) is 5.99. The summed E-state index contributed by atoms with van der Waals surface area (Å²) in [6.07, 6.45) is 0.404. The Labute approximate surface area is 138 Å². The van der Waals surface area contributed by atoms with Crippen LogP contribution in [0.4, 0.5) is 4.79 Å². The van der Waals surface area contributed by atoms with Crippen LogP contribution in [0.5, 0.6) is 0 Å². The van der Waals surface area contributed by atoms with Gasteiger partial charge in [-0.3, -0.25) is 9.69 Å². The maximum atomic E-state index is 12.3. The van der Waals surface area contributed by atoms with Gasteiger partial charge in [-0.2, -0.15) is 0 Å². The van der Waals surface area contributed by atoms with Crippen LogP contribution in [-0.4, -0.2) is 66.4 Å². The number of hydrogen-bond acceptors (Lipinski definition) is 5. The Morgan fingerprint density at radius 3 is 2.43 bits per heavy atom. The van der Waals surface area contributed by atoms with Crippen molar-refractivity contribution < 1.29 is 19.4 Å². The van der Waals surface area contributed by atoms with Gasteiger partial charge >= 0.3 is 6.09 Å². The summed E-state index contributed by atoms with van der Waals surface area (Å²) in [7, 11) is 1.30. The van der Waals surface area contributed by atoms with Crippen molar-refractivity contribution in [3.05, 3.63) is 0 Å². The highest BCUT2D eigenvalue weighted by atomic mass is 16.5. The van der Waals surface area contributed by atoms with E-state index in [1.807, 2.05) is 32.6 Å². The van der Waals surface area contributed by atoms with Crippen LogP contribution in [-0.2, 0) is 9.53 Å². The molecule has 0 aromatic heterocycles. The average molecular weight is 329 g/mol. The van der Waals surface area contributed by atoms with Crippen molar-refractivity contribution in [3.8, 4) is 0 Å². The minimum atomic E-state index is -0.762. The van der Waals surface area contributed by atoms with Crippen LogP contribution in [0.3, 0.4) is 0 Å². The van der Waals surface area contributed by atoms with Gasteiger partial charge in [0.05, 0.1) is 25.3 Å². The lowest BCUT2D eigenvalue weighted by Crippen LogP contribution is -2.53. The smallest absolute Gasteiger partial charge is 0.407 e. The first-order valence-corrected chi connectivity index (χ1v) is 8.33. The van der Waals surface area contributed by atoms with Gasteiger partial charge in [0.15, 0.2) is 0 Å². The number of hydrogen-bond donors (Lipinski definition) is 3. The molecule has 0 aliphatic carbocycles. The van der Waals surface area contributed by atoms with E-state index in [2.05, 4.69) is 15.4 Å². The molecule has 7 heteroatoms. The molecule has 23 heavy (non-hydrogen) atoms. The van der Waals surface area contributed by atoms with Crippen LogP contribution in [0.15, 0.2) is 0 Å². The van der Waals surface area contributed by atoms with Crippen molar-refractivity contribution in [2.24, 2.45) is 5.92 Å². The molecule has 1 fully saturated rings. The minimum Gasteiger partial charge on any atom is -0.453 e. The molecule has 0 saturated carbocycles. The molecular weight excluding hydrogens is 298 g/mol. The summed E-state index contributed by atoms with van der Waals surface area (Å²) in [5.74, 6) is 0.0568. The van der Waals surface area contributed by atoms with Crippen LogP contribution < -0.4 is 10.6 Å². The third-order valence-electron chi connectivity index (χ3n) is 4.12. The Kier molecular flexibility index (Phi) is 7.78. The number of methoxy groups -OCH3 is 1. The topological polar surface area (TPSA) is 90.9 Å². The predicted octanol–water partition coefficient (Wildman–Crippen LogP) is 0.717. The molecule has 3 unspecified atom stereocenters. The number of nitrogens with zero attached hydrogens (tertiary/aromatic N) is 1. The number of likely N-dealkylation sites (tertiary alicyclic amines) is 1. The Bertz CT molecular complexity index is 401. The predicted molar refractivity (Wildman–Crippen MR) is 88.0 cm³/mol. The summed E-state index contributed by atoms with van der Waals surface area (Å²) in [4.78, 5) is 25.7. The second-order valence-electron chi connectivity index (χ2n) is 6.79. The van der Waals surface area contributed by atoms with Gasteiger partial charge in [-0.1, -0.05) is 13.8 Å². The maximum absolute atomic E-state index is 12.3. The van der Waals surface area contributed by atoms with Crippen molar-refractivity contribution in [1.82, 2.24) is 15.5 Å². The molecule has 1 aliphatic rings. The Morgan fingerprint density at radius 1 is 1.26 bits per heavy atom. The van der Waals surface area contributed by atoms with Crippen molar-refractivity contribution in [2.75, 3.05) is 20.2 Å². The number of nitrogens with one attached hydrogen (secondary N) is 2. The second-order valence-corrected chi connectivity index (χ2v) is 6.79. The number of ether oxygens (including phenoxy) is 1. The van der Waals surface area contributed by atoms with E-state index in [0.717, 1.165) is 19.4 Å². The minimum absolute atomic E-state index is 0.00623. The molecule has 2 amide bonds. The normalized spacial score (nSPS) is 21.3. The Hall–Kier alpha value is -1.34. The SMILES string of the molecule is COC(=O)NC(C(C)C)C(O)CN1CCCC1C(=O)NC(C)C. The van der Waals surface area contributed by atoms with E-state index in [1.54, 1.807) is 0 Å². The summed E-state index contributed by atoms with van der Waals surface area (Å²) < 4.78 is 4.62. The van der Waals surface area contributed by atoms with Crippen LogP contribution in [0.1, 0.15) is 40.5 Å². The molecule has 1 heterocycles. The highest BCUT2D eigenvalue weighted by molar-refractivity contribution is 5.82. The molecule has 1 aliphatic heterocycles. The van der Waals surface area contributed by atoms with Gasteiger partial charge in [0.1, 0.15) is 0 Å². The number of aliphatic hydroxyl groups is 1. The molecule has 3 atom stereocenters. The fourth-order valence-corrected chi connectivity index (χ4v) is 2.98. The van der Waals surface area contributed by atoms with Gasteiger partial charge in [-0.25, -0.2) is 4.79 Å². The summed E-state index contributed by atoms with van der Waals surface area (Å²) in [6.45, 7) is 8.84. The van der Waals surface area contributed by atoms with Gasteiger partial charge < -0.3 is 20.5 Å². The van der Waals surface area contributed by atoms with E-state index < -0.39 is 18.2 Å². The highest BCUT2D eigenvalue weighted by Gasteiger charge is 2.34. The standard InChI is InChI=1S/C16H31N3O4/c1-10(2)14(18-16(22)23-5)13(20)9-19-8-6-7-12(19)15(21)17-11(3)4/h10-14,20H,6-9H2,1-5H3,(H,17,21)(H,18,22). The summed E-state index contributed by atoms with van der Waals surface area (Å²) in [5.41, 5.74) is 0. The van der Waals surface area contributed by atoms with E-state index in [9.17, 15) is 14.7 Å². The second kappa shape index (κ2) is 9.08. The van der Waals surface area contributed by atoms with Crippen molar-refractivity contribution in [2.45, 2.75) is 64.8 Å². The van der Waals surface area contributed by atoms with E-state index in [1.165, 1.54) is 7.11 Å². The van der Waals surface area contributed by atoms with Gasteiger partial charge in [0.25, 0.3) is 0 Å². The molecule has 0 bridgehead atoms. The molecule has 1 rings (SSSR count). The molecule has 3 N–H and O–H groups in total. The fraction of sp³-hybridized carbons (Fsp3) is 0.875. The Balaban J connectivity index is 2.67. The zero-order chi connectivity index (χ0) is 17.6. The molecule has 0 aromatic rings. The molecule has 1 saturated heterocycles. The summed E-state index contributed by atoms with van der Waals surface area (Å²) in [5, 5.41) is 16.1. The van der Waals surface area contributed by atoms with Crippen molar-refractivity contribution >= 4 is 12.0 Å². The number of carbonyl (C=O) groups is 2. The van der Waals surface area contributed by atoms with Crippen molar-refractivity contribution in [1.29, 1.82) is 0 Å². The molecule has 0 radical (unpaired) electrons. The van der Waals surface area contributed by atoms with E-state index in [0.29, 0.717) is 6.54 Å². The lowest BCUT2D eigenvalue weighted by atomic mass is 9.98. The molecule has 7 nitrogen and oxygen atoms in total. The number of aliphatic hydroxyl groups excluding tert-OH is 1. The van der Waals surface area contributed by atoms with Crippen molar-refractivity contribution in [3.63, 3.8) is 0 Å². The summed E-state index contributed by atoms with van der Waals surface area (Å²) in [6, 6.07) is -0.533. The average Bonchev–Trinajstić information content (AvgIpc) is 2.91. The lowest BCUT2D eigenvalue weighted by Gasteiger charge is -2.32. The maximum Gasteiger partial charge on any atom is 0.407 e. The number of β-amino-alcohol motifs (C(OH)–C–C–N with tert-alkyl or cyclic N) is 1. The van der Waals surface area contributed by atoms with Gasteiger partial charge in [0, 0.05) is 12.6 Å². The third-order valence-corrected chi connectivity index (χ3v) is 4.12. The Morgan fingerprint density at radius 2 is 1.91 bits per heavy atom. The van der Waals surface area contributed by atoms with Crippen LogP contribution in [0.2, 0.25) is 0 Å². The first kappa shape index (κ1) is 19.7. The van der Waals surface area contributed by atoms with Crippen LogP contribution in [0.25, 0.3) is 0 Å². The monoisotopic (exact) mass is 329 g/mol. The van der Waals surface area contributed by atoms with E-state index >= 15 is 0 Å². The number of rotatable bonds is 7. The van der Waals surface area contributed by atoms with Gasteiger partial charge in [0.2, 0.25) is 5.91 Å². The fourth-order valence-electron chi connectivity index (χ4n) is 2.98. The lowest BCUT2D eigenvalue weighted by molar-refractivity contribution is -0.126. The zero-order valence-corrected chi connectivity index (χ0v) is 14.8. The van der Waals surface area contributed by atoms with E-state index in [-0.39, 0.29) is 23.9 Å². The molecular formula is C16H31N3O4. The molecule has 0 spiro atoms. The quantitative estimate of drug-likeness (QED) is 0.640.